The molecule has 2 aromatic rings. The SMILES string of the molecule is Cc1c([C@@H](O)CN2CCC3(CC2)OCCN(c2nc(O)ns2)C3=O)ccc2c1COC2=O. The number of piperidine rings is 1. The van der Waals surface area contributed by atoms with E-state index in [1.54, 1.807) is 17.0 Å². The molecule has 1 aromatic carbocycles. The molecule has 2 fully saturated rings. The van der Waals surface area contributed by atoms with Gasteiger partial charge in [0.1, 0.15) is 12.2 Å². The molecule has 1 amide bonds. The van der Waals surface area contributed by atoms with Gasteiger partial charge in [0, 0.05) is 36.7 Å². The molecule has 32 heavy (non-hydrogen) atoms. The Morgan fingerprint density at radius 1 is 1.25 bits per heavy atom. The summed E-state index contributed by atoms with van der Waals surface area (Å²) in [4.78, 5) is 32.5. The Balaban J connectivity index is 1.24. The molecule has 2 N–H and O–H groups in total. The van der Waals surface area contributed by atoms with Gasteiger partial charge in [0.05, 0.1) is 24.8 Å². The summed E-state index contributed by atoms with van der Waals surface area (Å²) in [5.74, 6) is -0.473. The number of esters is 1. The van der Waals surface area contributed by atoms with Gasteiger partial charge in [-0.25, -0.2) is 4.79 Å². The predicted octanol–water partition coefficient (Wildman–Crippen LogP) is 1.15. The van der Waals surface area contributed by atoms with E-state index in [1.807, 2.05) is 6.92 Å². The molecule has 0 bridgehead atoms. The lowest BCUT2D eigenvalue weighted by molar-refractivity contribution is -0.158. The highest BCUT2D eigenvalue weighted by Gasteiger charge is 2.48. The van der Waals surface area contributed by atoms with Crippen molar-refractivity contribution < 1.29 is 29.3 Å². The zero-order valence-electron chi connectivity index (χ0n) is 17.6. The summed E-state index contributed by atoms with van der Waals surface area (Å²) in [6.07, 6.45) is 0.297. The number of ether oxygens (including phenoxy) is 2. The van der Waals surface area contributed by atoms with Crippen LogP contribution in [-0.4, -0.2) is 74.7 Å². The first-order valence-corrected chi connectivity index (χ1v) is 11.3. The Morgan fingerprint density at radius 3 is 2.75 bits per heavy atom. The number of nitrogens with zero attached hydrogens (tertiary/aromatic N) is 4. The number of fused-ring (bicyclic) bond motifs is 1. The fourth-order valence-electron chi connectivity index (χ4n) is 4.77. The van der Waals surface area contributed by atoms with Crippen molar-refractivity contribution in [3.8, 4) is 6.01 Å². The summed E-state index contributed by atoms with van der Waals surface area (Å²) in [5, 5.41) is 20.7. The van der Waals surface area contributed by atoms with Crippen molar-refractivity contribution in [1.29, 1.82) is 0 Å². The van der Waals surface area contributed by atoms with E-state index in [0.717, 1.165) is 28.2 Å². The Kier molecular flexibility index (Phi) is 5.36. The van der Waals surface area contributed by atoms with Gasteiger partial charge in [-0.05, 0) is 37.0 Å². The molecule has 1 spiro atoms. The molecule has 0 saturated carbocycles. The maximum atomic E-state index is 13.2. The van der Waals surface area contributed by atoms with E-state index >= 15 is 0 Å². The van der Waals surface area contributed by atoms with Gasteiger partial charge in [-0.3, -0.25) is 9.69 Å². The van der Waals surface area contributed by atoms with Crippen molar-refractivity contribution in [2.24, 2.45) is 0 Å². The number of aromatic nitrogens is 2. The Morgan fingerprint density at radius 2 is 2.03 bits per heavy atom. The highest BCUT2D eigenvalue weighted by Crippen LogP contribution is 2.35. The zero-order valence-corrected chi connectivity index (χ0v) is 18.4. The number of carbonyl (C=O) groups is 2. The number of aliphatic hydroxyl groups is 1. The molecule has 0 unspecified atom stereocenters. The van der Waals surface area contributed by atoms with Crippen LogP contribution in [0.25, 0.3) is 0 Å². The van der Waals surface area contributed by atoms with Crippen LogP contribution < -0.4 is 4.90 Å². The number of anilines is 1. The number of carbonyl (C=O) groups excluding carboxylic acids is 2. The first-order valence-electron chi connectivity index (χ1n) is 10.6. The van der Waals surface area contributed by atoms with Gasteiger partial charge in [0.15, 0.2) is 0 Å². The summed E-state index contributed by atoms with van der Waals surface area (Å²) in [6.45, 7) is 4.54. The second-order valence-corrected chi connectivity index (χ2v) is 9.11. The number of aliphatic hydroxyl groups excluding tert-OH is 1. The van der Waals surface area contributed by atoms with E-state index < -0.39 is 11.7 Å². The number of hydrogen-bond donors (Lipinski definition) is 2. The molecule has 11 heteroatoms. The van der Waals surface area contributed by atoms with Crippen LogP contribution in [-0.2, 0) is 20.9 Å². The molecule has 4 heterocycles. The third-order valence-electron chi connectivity index (χ3n) is 6.63. The predicted molar refractivity (Wildman–Crippen MR) is 114 cm³/mol. The van der Waals surface area contributed by atoms with E-state index in [1.165, 1.54) is 0 Å². The summed E-state index contributed by atoms with van der Waals surface area (Å²) in [6, 6.07) is 3.18. The Bertz CT molecular complexity index is 1060. The number of likely N-dealkylation sites (tertiary alicyclic amines) is 1. The Labute approximate surface area is 188 Å². The number of morpholine rings is 1. The smallest absolute Gasteiger partial charge is 0.338 e. The van der Waals surface area contributed by atoms with E-state index in [0.29, 0.717) is 56.3 Å². The van der Waals surface area contributed by atoms with Gasteiger partial charge in [-0.15, -0.1) is 4.37 Å². The first-order chi connectivity index (χ1) is 15.4. The number of cyclic esters (lactones) is 1. The third-order valence-corrected chi connectivity index (χ3v) is 7.35. The van der Waals surface area contributed by atoms with E-state index in [2.05, 4.69) is 14.3 Å². The van der Waals surface area contributed by atoms with Gasteiger partial charge in [0.25, 0.3) is 5.91 Å². The minimum Gasteiger partial charge on any atom is -0.478 e. The third kappa shape index (κ3) is 3.54. The molecule has 2 saturated heterocycles. The minimum absolute atomic E-state index is 0.153. The average Bonchev–Trinajstić information content (AvgIpc) is 3.38. The highest BCUT2D eigenvalue weighted by molar-refractivity contribution is 7.10. The molecule has 0 aliphatic carbocycles. The lowest BCUT2D eigenvalue weighted by Gasteiger charge is -2.45. The fourth-order valence-corrected chi connectivity index (χ4v) is 5.37. The molecule has 3 aliphatic rings. The van der Waals surface area contributed by atoms with Crippen molar-refractivity contribution in [3.63, 3.8) is 0 Å². The lowest BCUT2D eigenvalue weighted by atomic mass is 9.88. The second kappa shape index (κ2) is 8.07. The van der Waals surface area contributed by atoms with Crippen LogP contribution in [0.4, 0.5) is 5.13 Å². The van der Waals surface area contributed by atoms with Crippen LogP contribution in [0.15, 0.2) is 12.1 Å². The van der Waals surface area contributed by atoms with Gasteiger partial charge in [0.2, 0.25) is 5.13 Å². The number of β-amino-alcohol motifs (C(OH)–C–C–N with tert-alkyl or cyclic N) is 1. The average molecular weight is 461 g/mol. The lowest BCUT2D eigenvalue weighted by Crippen LogP contribution is -2.61. The molecule has 10 nitrogen and oxygen atoms in total. The van der Waals surface area contributed by atoms with E-state index in [9.17, 15) is 19.8 Å². The molecule has 3 aliphatic heterocycles. The molecular formula is C21H24N4O6S. The Hall–Kier alpha value is -2.60. The van der Waals surface area contributed by atoms with E-state index in [-0.39, 0.29) is 24.5 Å². The standard InChI is InChI=1S/C21H24N4O6S/c1-12-13(2-3-14-15(12)11-30-17(14)27)16(26)10-24-6-4-21(5-7-24)18(28)25(8-9-31-21)20-22-19(29)23-32-20/h2-3,16,26H,4-11H2,1H3,(H,23,29)/t16-/m0/s1. The molecular weight excluding hydrogens is 436 g/mol. The number of amides is 1. The number of hydrogen-bond acceptors (Lipinski definition) is 10. The van der Waals surface area contributed by atoms with Gasteiger partial charge < -0.3 is 24.6 Å². The van der Waals surface area contributed by atoms with Crippen LogP contribution in [0.3, 0.4) is 0 Å². The molecule has 1 atom stereocenters. The van der Waals surface area contributed by atoms with Crippen LogP contribution in [0.2, 0.25) is 0 Å². The van der Waals surface area contributed by atoms with Crippen LogP contribution in [0.5, 0.6) is 6.01 Å². The number of benzene rings is 1. The number of aromatic hydroxyl groups is 1. The summed E-state index contributed by atoms with van der Waals surface area (Å²) in [5.41, 5.74) is 2.17. The van der Waals surface area contributed by atoms with Crippen LogP contribution in [0.1, 0.15) is 46.0 Å². The monoisotopic (exact) mass is 460 g/mol. The maximum absolute atomic E-state index is 13.2. The van der Waals surface area contributed by atoms with Gasteiger partial charge in [-0.2, -0.15) is 4.98 Å². The van der Waals surface area contributed by atoms with Crippen molar-refractivity contribution >= 4 is 28.5 Å². The van der Waals surface area contributed by atoms with Crippen LogP contribution in [0, 0.1) is 6.92 Å². The molecule has 170 valence electrons. The molecule has 5 rings (SSSR count). The summed E-state index contributed by atoms with van der Waals surface area (Å²) in [7, 11) is 0. The van der Waals surface area contributed by atoms with Crippen molar-refractivity contribution in [3.05, 3.63) is 34.4 Å². The van der Waals surface area contributed by atoms with Crippen molar-refractivity contribution in [2.45, 2.75) is 38.1 Å². The quantitative estimate of drug-likeness (QED) is 0.646. The fraction of sp³-hybridized carbons (Fsp3) is 0.524. The first kappa shape index (κ1) is 21.3. The minimum atomic E-state index is -0.915. The molecule has 0 radical (unpaired) electrons. The highest BCUT2D eigenvalue weighted by atomic mass is 32.1. The zero-order chi connectivity index (χ0) is 22.5. The largest absolute Gasteiger partial charge is 0.478 e. The van der Waals surface area contributed by atoms with E-state index in [4.69, 9.17) is 9.47 Å². The van der Waals surface area contributed by atoms with Crippen molar-refractivity contribution in [1.82, 2.24) is 14.3 Å². The van der Waals surface area contributed by atoms with Crippen molar-refractivity contribution in [2.75, 3.05) is 37.7 Å². The normalized spacial score (nSPS) is 21.6. The number of rotatable bonds is 4. The van der Waals surface area contributed by atoms with Crippen LogP contribution >= 0.6 is 11.5 Å². The molecule has 1 aromatic heterocycles. The summed E-state index contributed by atoms with van der Waals surface area (Å²) < 4.78 is 14.8. The summed E-state index contributed by atoms with van der Waals surface area (Å²) >= 11 is 0.989. The van der Waals surface area contributed by atoms with Gasteiger partial charge >= 0.3 is 12.0 Å². The maximum Gasteiger partial charge on any atom is 0.338 e. The second-order valence-electron chi connectivity index (χ2n) is 8.37. The topological polar surface area (TPSA) is 125 Å². The van der Waals surface area contributed by atoms with Gasteiger partial charge in [-0.1, -0.05) is 6.07 Å².